The van der Waals surface area contributed by atoms with Crippen LogP contribution in [-0.2, 0) is 13.0 Å². The Hall–Kier alpha value is -2.42. The molecule has 3 heterocycles. The fraction of sp³-hybridized carbons (Fsp3) is 0.607. The zero-order chi connectivity index (χ0) is 26.8. The number of ether oxygens (including phenoxy) is 1. The second-order valence-corrected chi connectivity index (χ2v) is 11.9. The van der Waals surface area contributed by atoms with Crippen LogP contribution in [0.15, 0.2) is 30.6 Å². The number of aromatic nitrogens is 2. The largest absolute Gasteiger partial charge is 0.498 e. The number of carboxylic acid groups (broad SMARTS) is 1. The van der Waals surface area contributed by atoms with E-state index in [9.17, 15) is 9.90 Å². The molecule has 0 N–H and O–H groups in total. The summed E-state index contributed by atoms with van der Waals surface area (Å²) >= 11 is 6.64. The van der Waals surface area contributed by atoms with Crippen LogP contribution >= 0.6 is 11.6 Å². The van der Waals surface area contributed by atoms with Gasteiger partial charge in [-0.1, -0.05) is 24.6 Å². The third-order valence-electron chi connectivity index (χ3n) is 8.10. The van der Waals surface area contributed by atoms with Gasteiger partial charge < -0.3 is 19.5 Å². The second kappa shape index (κ2) is 11.1. The summed E-state index contributed by atoms with van der Waals surface area (Å²) < 4.78 is 6.26. The number of hydrogen-bond donors (Lipinski definition) is 0. The summed E-state index contributed by atoms with van der Waals surface area (Å²) in [6.07, 6.45) is 5.62. The Kier molecular flexibility index (Phi) is 8.31. The molecule has 2 aliphatic heterocycles. The number of halogens is 1. The van der Waals surface area contributed by atoms with Gasteiger partial charge in [0, 0.05) is 51.4 Å². The molecule has 9 heteroatoms. The topological polar surface area (TPSA) is 81.6 Å². The summed E-state index contributed by atoms with van der Waals surface area (Å²) in [6, 6.07) is 6.10. The molecule has 2 aliphatic rings. The van der Waals surface area contributed by atoms with Gasteiger partial charge in [0.2, 0.25) is 5.95 Å². The van der Waals surface area contributed by atoms with Crippen LogP contribution in [0.25, 0.3) is 0 Å². The fourth-order valence-electron chi connectivity index (χ4n) is 5.48. The smallest absolute Gasteiger partial charge is 0.257 e. The lowest BCUT2D eigenvalue weighted by Crippen LogP contribution is -2.74. The molecule has 1 amide bonds. The van der Waals surface area contributed by atoms with Gasteiger partial charge >= 0.3 is 0 Å². The minimum absolute atomic E-state index is 0.0206. The molecule has 2 atom stereocenters. The average Bonchev–Trinajstić information content (AvgIpc) is 2.86. The van der Waals surface area contributed by atoms with Crippen molar-refractivity contribution in [1.29, 1.82) is 0 Å². The van der Waals surface area contributed by atoms with E-state index >= 15 is 0 Å². The quantitative estimate of drug-likeness (QED) is 0.525. The van der Waals surface area contributed by atoms with Crippen molar-refractivity contribution in [2.24, 2.45) is 0 Å². The summed E-state index contributed by atoms with van der Waals surface area (Å²) in [4.78, 5) is 25.6. The van der Waals surface area contributed by atoms with E-state index in [4.69, 9.17) is 16.3 Å². The van der Waals surface area contributed by atoms with E-state index in [1.165, 1.54) is 0 Å². The molecule has 0 aliphatic carbocycles. The van der Waals surface area contributed by atoms with Crippen molar-refractivity contribution in [3.63, 3.8) is 0 Å². The van der Waals surface area contributed by atoms with Crippen LogP contribution < -0.4 is 14.7 Å². The Morgan fingerprint density at radius 1 is 1.16 bits per heavy atom. The predicted octanol–water partition coefficient (Wildman–Crippen LogP) is 3.90. The van der Waals surface area contributed by atoms with E-state index in [-0.39, 0.29) is 16.6 Å². The zero-order valence-corrected chi connectivity index (χ0v) is 23.5. The molecular weight excluding hydrogens is 490 g/mol. The van der Waals surface area contributed by atoms with E-state index in [2.05, 4.69) is 39.7 Å². The number of hydrogen-bond acceptors (Lipinski definition) is 7. The predicted molar refractivity (Wildman–Crippen MR) is 144 cm³/mol. The average molecular weight is 530 g/mol. The Labute approximate surface area is 225 Å². The molecule has 0 spiro atoms. The van der Waals surface area contributed by atoms with Crippen LogP contribution in [0.3, 0.4) is 0 Å². The van der Waals surface area contributed by atoms with Crippen LogP contribution in [0.4, 0.5) is 10.7 Å². The Morgan fingerprint density at radius 2 is 1.84 bits per heavy atom. The first-order valence-corrected chi connectivity index (χ1v) is 13.7. The molecule has 8 nitrogen and oxygen atoms in total. The molecule has 37 heavy (non-hydrogen) atoms. The van der Waals surface area contributed by atoms with Crippen LogP contribution in [0, 0.1) is 0 Å². The number of piperazine rings is 1. The molecule has 2 saturated heterocycles. The number of carbonyl (C=O) groups excluding carboxylic acids is 1. The summed E-state index contributed by atoms with van der Waals surface area (Å²) in [6.45, 7) is 14.3. The first-order chi connectivity index (χ1) is 17.5. The Morgan fingerprint density at radius 3 is 2.38 bits per heavy atom. The van der Waals surface area contributed by atoms with Crippen molar-refractivity contribution in [3.8, 4) is 5.75 Å². The van der Waals surface area contributed by atoms with E-state index in [1.54, 1.807) is 0 Å². The number of benzene rings is 1. The minimum Gasteiger partial charge on any atom is -0.498 e. The first kappa shape index (κ1) is 27.6. The minimum atomic E-state index is -0.990. The summed E-state index contributed by atoms with van der Waals surface area (Å²) in [5, 5.41) is 12.7. The summed E-state index contributed by atoms with van der Waals surface area (Å²) in [5.41, 5.74) is 1.82. The highest BCUT2D eigenvalue weighted by atomic mass is 35.5. The Bertz CT molecular complexity index is 1080. The maximum absolute atomic E-state index is 12.1. The Balaban J connectivity index is 1.32. The molecule has 4 rings (SSSR count). The molecule has 0 radical (unpaired) electrons. The number of rotatable bonds is 6. The molecule has 2 unspecified atom stereocenters. The summed E-state index contributed by atoms with van der Waals surface area (Å²) in [7, 11) is 0. The molecule has 0 bridgehead atoms. The number of amides is 1. The lowest BCUT2D eigenvalue weighted by Gasteiger charge is -2.54. The molecule has 2 aromatic rings. The van der Waals surface area contributed by atoms with Gasteiger partial charge in [-0.15, -0.1) is 0 Å². The number of piperidine rings is 1. The van der Waals surface area contributed by atoms with Crippen LogP contribution in [-0.4, -0.2) is 75.9 Å². The van der Waals surface area contributed by atoms with E-state index in [1.807, 2.05) is 45.3 Å². The van der Waals surface area contributed by atoms with Crippen molar-refractivity contribution in [2.75, 3.05) is 37.6 Å². The van der Waals surface area contributed by atoms with E-state index < -0.39 is 11.6 Å². The van der Waals surface area contributed by atoms with Gasteiger partial charge in [0.25, 0.3) is 6.09 Å². The number of carbonyl (C=O) groups is 1. The monoisotopic (exact) mass is 529 g/mol. The van der Waals surface area contributed by atoms with Gasteiger partial charge in [0.1, 0.15) is 18.4 Å². The molecule has 2 fully saturated rings. The molecular formula is C28H40ClN5O3. The number of aryl methyl sites for hydroxylation is 1. The number of nitrogens with zero attached hydrogens (tertiary/aromatic N) is 5. The third-order valence-corrected chi connectivity index (χ3v) is 8.40. The van der Waals surface area contributed by atoms with Crippen molar-refractivity contribution >= 4 is 23.6 Å². The maximum Gasteiger partial charge on any atom is 0.257 e. The van der Waals surface area contributed by atoms with Crippen molar-refractivity contribution in [1.82, 2.24) is 14.9 Å². The lowest BCUT2D eigenvalue weighted by atomic mass is 9.97. The van der Waals surface area contributed by atoms with Crippen LogP contribution in [0.2, 0.25) is 5.02 Å². The first-order valence-electron chi connectivity index (χ1n) is 13.4. The SMILES string of the molecule is CCc1cnc(N2CCC(Oc3ccc(CN4CC[N+](C(=O)[O-])(C(C)(C)C)CC4C)cc3Cl)CC2)nc1. The van der Waals surface area contributed by atoms with Gasteiger partial charge in [-0.05, 0) is 57.4 Å². The van der Waals surface area contributed by atoms with Gasteiger partial charge in [0.05, 0.1) is 23.1 Å². The molecule has 1 aromatic heterocycles. The van der Waals surface area contributed by atoms with Crippen LogP contribution in [0.5, 0.6) is 5.75 Å². The summed E-state index contributed by atoms with van der Waals surface area (Å²) in [5.74, 6) is 1.49. The zero-order valence-electron chi connectivity index (χ0n) is 22.7. The lowest BCUT2D eigenvalue weighted by molar-refractivity contribution is -0.926. The van der Waals surface area contributed by atoms with Gasteiger partial charge in [-0.3, -0.25) is 9.38 Å². The van der Waals surface area contributed by atoms with Gasteiger partial charge in [-0.25, -0.2) is 9.97 Å². The highest BCUT2D eigenvalue weighted by Gasteiger charge is 2.47. The number of quaternary nitrogens is 1. The van der Waals surface area contributed by atoms with Gasteiger partial charge in [0.15, 0.2) is 0 Å². The van der Waals surface area contributed by atoms with Crippen molar-refractivity contribution in [3.05, 3.63) is 46.7 Å². The maximum atomic E-state index is 12.1. The van der Waals surface area contributed by atoms with Gasteiger partial charge in [-0.2, -0.15) is 0 Å². The second-order valence-electron chi connectivity index (χ2n) is 11.4. The van der Waals surface area contributed by atoms with Crippen molar-refractivity contribution in [2.45, 2.75) is 78.1 Å². The standard InChI is InChI=1S/C28H40ClN5O3/c1-6-21-16-30-26(31-17-21)32-11-9-23(10-12-32)37-25-8-7-22(15-24(25)29)18-33-13-14-34(27(35)36,19-20(33)2)28(3,4)5/h7-8,15-17,20,23H,6,9-14,18-19H2,1-5H3. The normalized spacial score (nSPS) is 23.7. The highest BCUT2D eigenvalue weighted by Crippen LogP contribution is 2.32. The molecule has 1 aromatic carbocycles. The fourth-order valence-corrected chi connectivity index (χ4v) is 5.73. The van der Waals surface area contributed by atoms with E-state index in [0.717, 1.165) is 49.4 Å². The van der Waals surface area contributed by atoms with E-state index in [0.29, 0.717) is 37.0 Å². The highest BCUT2D eigenvalue weighted by molar-refractivity contribution is 6.32. The van der Waals surface area contributed by atoms with Crippen LogP contribution in [0.1, 0.15) is 58.6 Å². The van der Waals surface area contributed by atoms with Crippen molar-refractivity contribution < 1.29 is 19.1 Å². The molecule has 0 saturated carbocycles. The third kappa shape index (κ3) is 6.02. The number of anilines is 1. The molecule has 202 valence electrons.